The number of ether oxygens (including phenoxy) is 1. The zero-order valence-corrected chi connectivity index (χ0v) is 11.6. The van der Waals surface area contributed by atoms with Gasteiger partial charge in [0.15, 0.2) is 0 Å². The molecule has 1 aromatic carbocycles. The molecule has 1 aromatic rings. The monoisotopic (exact) mass is 296 g/mol. The maximum Gasteiger partial charge on any atom is 0.323 e. The Morgan fingerprint density at radius 1 is 1.52 bits per heavy atom. The number of carbonyl (C=O) groups is 2. The van der Waals surface area contributed by atoms with Gasteiger partial charge in [-0.15, -0.1) is 0 Å². The van der Waals surface area contributed by atoms with E-state index in [0.717, 1.165) is 5.56 Å². The quantitative estimate of drug-likeness (QED) is 0.861. The number of amides is 1. The van der Waals surface area contributed by atoms with Gasteiger partial charge >= 0.3 is 5.97 Å². The Labute approximate surface area is 121 Å². The molecule has 0 bridgehead atoms. The summed E-state index contributed by atoms with van der Waals surface area (Å²) in [5.41, 5.74) is 1.13. The molecule has 2 N–H and O–H groups in total. The van der Waals surface area contributed by atoms with Crippen molar-refractivity contribution >= 4 is 17.6 Å². The second-order valence-electron chi connectivity index (χ2n) is 4.91. The van der Waals surface area contributed by atoms with E-state index in [2.05, 4.69) is 5.32 Å². The third-order valence-corrected chi connectivity index (χ3v) is 3.34. The van der Waals surface area contributed by atoms with Gasteiger partial charge in [0.25, 0.3) is 0 Å². The van der Waals surface area contributed by atoms with Crippen LogP contribution < -0.4 is 5.32 Å². The van der Waals surface area contributed by atoms with Crippen molar-refractivity contribution in [3.8, 4) is 0 Å². The number of anilines is 1. The number of carboxylic acids is 1. The largest absolute Gasteiger partial charge is 0.480 e. The molecule has 1 aliphatic rings. The molecule has 0 spiro atoms. The maximum atomic E-state index is 13.2. The van der Waals surface area contributed by atoms with Crippen molar-refractivity contribution < 1.29 is 23.8 Å². The average molecular weight is 296 g/mol. The van der Waals surface area contributed by atoms with Crippen molar-refractivity contribution in [3.63, 3.8) is 0 Å². The highest BCUT2D eigenvalue weighted by atomic mass is 19.1. The number of halogens is 1. The molecule has 21 heavy (non-hydrogen) atoms. The number of nitrogens with one attached hydrogen (secondary N) is 1. The van der Waals surface area contributed by atoms with Crippen LogP contribution in [-0.2, 0) is 14.3 Å². The molecule has 1 atom stereocenters. The molecule has 1 amide bonds. The fraction of sp³-hybridized carbons (Fsp3) is 0.429. The lowest BCUT2D eigenvalue weighted by Crippen LogP contribution is -2.52. The minimum atomic E-state index is -1.02. The third kappa shape index (κ3) is 3.99. The number of carbonyl (C=O) groups excluding carboxylic acids is 1. The van der Waals surface area contributed by atoms with Gasteiger partial charge in [-0.1, -0.05) is 6.07 Å². The first-order chi connectivity index (χ1) is 9.97. The number of aryl methyl sites for hydroxylation is 1. The summed E-state index contributed by atoms with van der Waals surface area (Å²) in [5, 5.41) is 11.7. The Bertz CT molecular complexity index is 550. The summed E-state index contributed by atoms with van der Waals surface area (Å²) in [5.74, 6) is -1.84. The number of hydrogen-bond donors (Lipinski definition) is 2. The average Bonchev–Trinajstić information content (AvgIpc) is 2.43. The van der Waals surface area contributed by atoms with Gasteiger partial charge in [0.1, 0.15) is 11.9 Å². The lowest BCUT2D eigenvalue weighted by Gasteiger charge is -2.32. The van der Waals surface area contributed by atoms with Crippen LogP contribution in [0.1, 0.15) is 5.56 Å². The van der Waals surface area contributed by atoms with Gasteiger partial charge in [-0.3, -0.25) is 14.5 Å². The van der Waals surface area contributed by atoms with Gasteiger partial charge in [0.05, 0.1) is 19.8 Å². The van der Waals surface area contributed by atoms with E-state index in [-0.39, 0.29) is 19.1 Å². The molecule has 1 unspecified atom stereocenters. The smallest absolute Gasteiger partial charge is 0.323 e. The predicted octanol–water partition coefficient (Wildman–Crippen LogP) is 0.858. The topological polar surface area (TPSA) is 78.9 Å². The lowest BCUT2D eigenvalue weighted by atomic mass is 10.2. The summed E-state index contributed by atoms with van der Waals surface area (Å²) in [7, 11) is 0. The molecule has 1 fully saturated rings. The lowest BCUT2D eigenvalue weighted by molar-refractivity contribution is -0.150. The molecular formula is C14H17FN2O4. The molecule has 0 aliphatic carbocycles. The highest BCUT2D eigenvalue weighted by molar-refractivity contribution is 5.93. The number of hydrogen-bond acceptors (Lipinski definition) is 4. The summed E-state index contributed by atoms with van der Waals surface area (Å²) in [6.45, 7) is 2.49. The van der Waals surface area contributed by atoms with E-state index in [9.17, 15) is 14.0 Å². The minimum Gasteiger partial charge on any atom is -0.480 e. The van der Waals surface area contributed by atoms with Crippen LogP contribution in [0.4, 0.5) is 10.1 Å². The van der Waals surface area contributed by atoms with Crippen molar-refractivity contribution in [1.29, 1.82) is 0 Å². The molecule has 7 heteroatoms. The van der Waals surface area contributed by atoms with E-state index in [4.69, 9.17) is 9.84 Å². The third-order valence-electron chi connectivity index (χ3n) is 3.34. The maximum absolute atomic E-state index is 13.2. The number of rotatable bonds is 4. The second-order valence-corrected chi connectivity index (χ2v) is 4.91. The van der Waals surface area contributed by atoms with Crippen LogP contribution in [0.3, 0.4) is 0 Å². The van der Waals surface area contributed by atoms with Crippen LogP contribution in [0.5, 0.6) is 0 Å². The Morgan fingerprint density at radius 3 is 3.00 bits per heavy atom. The van der Waals surface area contributed by atoms with Crippen molar-refractivity contribution in [3.05, 3.63) is 29.6 Å². The van der Waals surface area contributed by atoms with E-state index in [1.54, 1.807) is 13.0 Å². The van der Waals surface area contributed by atoms with Crippen LogP contribution in [0, 0.1) is 12.7 Å². The summed E-state index contributed by atoms with van der Waals surface area (Å²) in [6.07, 6.45) is 0. The van der Waals surface area contributed by atoms with E-state index < -0.39 is 17.8 Å². The minimum absolute atomic E-state index is 0.0571. The molecule has 2 rings (SSSR count). The molecule has 1 saturated heterocycles. The number of morpholine rings is 1. The van der Waals surface area contributed by atoms with Crippen LogP contribution in [-0.4, -0.2) is 54.2 Å². The van der Waals surface area contributed by atoms with Crippen molar-refractivity contribution in [2.45, 2.75) is 13.0 Å². The van der Waals surface area contributed by atoms with Crippen LogP contribution >= 0.6 is 0 Å². The Hall–Kier alpha value is -1.99. The van der Waals surface area contributed by atoms with E-state index in [1.165, 1.54) is 17.0 Å². The Kier molecular flexibility index (Phi) is 4.87. The van der Waals surface area contributed by atoms with E-state index in [0.29, 0.717) is 18.8 Å². The van der Waals surface area contributed by atoms with Crippen LogP contribution in [0.15, 0.2) is 18.2 Å². The number of carboxylic acid groups (broad SMARTS) is 1. The van der Waals surface area contributed by atoms with E-state index in [1.807, 2.05) is 0 Å². The predicted molar refractivity (Wildman–Crippen MR) is 73.6 cm³/mol. The molecule has 0 saturated carbocycles. The van der Waals surface area contributed by atoms with Gasteiger partial charge in [0, 0.05) is 12.2 Å². The summed E-state index contributed by atoms with van der Waals surface area (Å²) in [6, 6.07) is 3.28. The fourth-order valence-electron chi connectivity index (χ4n) is 2.16. The molecule has 1 aliphatic heterocycles. The fourth-order valence-corrected chi connectivity index (χ4v) is 2.16. The van der Waals surface area contributed by atoms with Gasteiger partial charge in [-0.2, -0.15) is 0 Å². The first-order valence-corrected chi connectivity index (χ1v) is 6.58. The van der Waals surface area contributed by atoms with Crippen molar-refractivity contribution in [1.82, 2.24) is 4.90 Å². The highest BCUT2D eigenvalue weighted by Gasteiger charge is 2.30. The molecule has 1 heterocycles. The van der Waals surface area contributed by atoms with Crippen LogP contribution in [0.25, 0.3) is 0 Å². The summed E-state index contributed by atoms with van der Waals surface area (Å²) >= 11 is 0. The van der Waals surface area contributed by atoms with Gasteiger partial charge in [0.2, 0.25) is 5.91 Å². The summed E-state index contributed by atoms with van der Waals surface area (Å²) < 4.78 is 18.3. The standard InChI is InChI=1S/C14H17FN2O4/c1-9-2-3-10(15)6-11(9)16-13(18)7-17-4-5-21-8-12(17)14(19)20/h2-3,6,12H,4-5,7-8H2,1H3,(H,16,18)(H,19,20). The Balaban J connectivity index is 2.00. The normalized spacial score (nSPS) is 19.2. The zero-order valence-electron chi connectivity index (χ0n) is 11.6. The van der Waals surface area contributed by atoms with Crippen LogP contribution in [0.2, 0.25) is 0 Å². The first kappa shape index (κ1) is 15.4. The second kappa shape index (κ2) is 6.64. The zero-order chi connectivity index (χ0) is 15.4. The molecule has 0 aromatic heterocycles. The molecule has 0 radical (unpaired) electrons. The SMILES string of the molecule is Cc1ccc(F)cc1NC(=O)CN1CCOCC1C(=O)O. The molecule has 114 valence electrons. The molecule has 6 nitrogen and oxygen atoms in total. The van der Waals surface area contributed by atoms with Crippen molar-refractivity contribution in [2.24, 2.45) is 0 Å². The van der Waals surface area contributed by atoms with Crippen molar-refractivity contribution in [2.75, 3.05) is 31.6 Å². The highest BCUT2D eigenvalue weighted by Crippen LogP contribution is 2.16. The van der Waals surface area contributed by atoms with Gasteiger partial charge in [-0.25, -0.2) is 4.39 Å². The number of benzene rings is 1. The van der Waals surface area contributed by atoms with Gasteiger partial charge in [-0.05, 0) is 24.6 Å². The molecular weight excluding hydrogens is 279 g/mol. The van der Waals surface area contributed by atoms with Gasteiger partial charge < -0.3 is 15.2 Å². The summed E-state index contributed by atoms with van der Waals surface area (Å²) in [4.78, 5) is 24.6. The first-order valence-electron chi connectivity index (χ1n) is 6.58. The number of aliphatic carboxylic acids is 1. The van der Waals surface area contributed by atoms with E-state index >= 15 is 0 Å². The number of nitrogens with zero attached hydrogens (tertiary/aromatic N) is 1. The Morgan fingerprint density at radius 2 is 2.29 bits per heavy atom.